The Kier molecular flexibility index (Phi) is 9.86. The lowest BCUT2D eigenvalue weighted by atomic mass is 10.1. The summed E-state index contributed by atoms with van der Waals surface area (Å²) in [7, 11) is 3.24. The summed E-state index contributed by atoms with van der Waals surface area (Å²) in [6.07, 6.45) is 2.32. The molecule has 0 aliphatic heterocycles. The first kappa shape index (κ1) is 29.4. The van der Waals surface area contributed by atoms with Crippen LogP contribution >= 0.6 is 0 Å². The number of hydrogen-bond donors (Lipinski definition) is 2. The largest absolute Gasteiger partial charge is 0.495 e. The van der Waals surface area contributed by atoms with E-state index in [0.29, 0.717) is 48.3 Å². The normalized spacial score (nSPS) is 12.1. The molecular weight excluding hydrogens is 502 g/mol. The fourth-order valence-corrected chi connectivity index (χ4v) is 4.05. The number of unbranched alkanes of at least 4 members (excludes halogenated alkanes) is 1. The van der Waals surface area contributed by atoms with Crippen LogP contribution in [0.25, 0.3) is 11.0 Å². The molecule has 0 spiro atoms. The van der Waals surface area contributed by atoms with Crippen LogP contribution in [0.4, 0.5) is 4.79 Å². The number of methoxy groups -OCH3 is 1. The van der Waals surface area contributed by atoms with Crippen molar-refractivity contribution < 1.29 is 28.6 Å². The third-order valence-corrected chi connectivity index (χ3v) is 5.83. The van der Waals surface area contributed by atoms with Gasteiger partial charge in [-0.15, -0.1) is 0 Å². The molecule has 0 saturated carbocycles. The average Bonchev–Trinajstić information content (AvgIpc) is 3.18. The topological polar surface area (TPSA) is 134 Å². The van der Waals surface area contributed by atoms with Crippen molar-refractivity contribution in [2.24, 2.45) is 7.05 Å². The Morgan fingerprint density at radius 2 is 1.82 bits per heavy atom. The number of nitrogens with zero attached hydrogens (tertiary/aromatic N) is 3. The van der Waals surface area contributed by atoms with Crippen molar-refractivity contribution in [3.63, 3.8) is 0 Å². The minimum Gasteiger partial charge on any atom is -0.495 e. The van der Waals surface area contributed by atoms with Crippen LogP contribution in [0.2, 0.25) is 0 Å². The zero-order chi connectivity index (χ0) is 28.6. The van der Waals surface area contributed by atoms with E-state index in [0.717, 1.165) is 5.56 Å². The number of carbonyl (C=O) groups excluding carboxylic acids is 3. The molecule has 0 radical (unpaired) electrons. The molecule has 3 aromatic rings. The van der Waals surface area contributed by atoms with E-state index in [1.165, 1.54) is 13.3 Å². The van der Waals surface area contributed by atoms with Crippen molar-refractivity contribution in [2.75, 3.05) is 13.7 Å². The standard InChI is InChI=1S/C28H37N5O6/c1-18-22-23(37-6)20(16-30-24(22)33(5)32-18)25(34)31-21(26(35)39-28(2,3)4)14-10-11-15-29-27(36)38-17-19-12-8-7-9-13-19/h7-9,12-13,16,21H,10-11,14-15,17H2,1-6H3,(H,29,36)(H,31,34). The highest BCUT2D eigenvalue weighted by molar-refractivity contribution is 6.03. The van der Waals surface area contributed by atoms with Crippen LogP contribution in [0.3, 0.4) is 0 Å². The highest BCUT2D eigenvalue weighted by Gasteiger charge is 2.29. The van der Waals surface area contributed by atoms with Gasteiger partial charge in [-0.25, -0.2) is 14.6 Å². The summed E-state index contributed by atoms with van der Waals surface area (Å²) in [4.78, 5) is 42.6. The Labute approximate surface area is 228 Å². The van der Waals surface area contributed by atoms with Crippen molar-refractivity contribution in [1.29, 1.82) is 0 Å². The summed E-state index contributed by atoms with van der Waals surface area (Å²) >= 11 is 0. The zero-order valence-corrected chi connectivity index (χ0v) is 23.4. The predicted octanol–water partition coefficient (Wildman–Crippen LogP) is 3.82. The third-order valence-electron chi connectivity index (χ3n) is 5.83. The van der Waals surface area contributed by atoms with E-state index in [-0.39, 0.29) is 12.2 Å². The number of alkyl carbamates (subject to hydrolysis) is 1. The van der Waals surface area contributed by atoms with Crippen LogP contribution < -0.4 is 15.4 Å². The van der Waals surface area contributed by atoms with Crippen molar-refractivity contribution in [3.05, 3.63) is 53.3 Å². The number of amides is 2. The number of fused-ring (bicyclic) bond motifs is 1. The fourth-order valence-electron chi connectivity index (χ4n) is 4.05. The summed E-state index contributed by atoms with van der Waals surface area (Å²) in [5.74, 6) is -0.719. The van der Waals surface area contributed by atoms with Gasteiger partial charge in [0.1, 0.15) is 29.6 Å². The molecule has 0 aliphatic carbocycles. The molecule has 0 saturated heterocycles. The smallest absolute Gasteiger partial charge is 0.407 e. The van der Waals surface area contributed by atoms with E-state index in [2.05, 4.69) is 20.7 Å². The van der Waals surface area contributed by atoms with Crippen molar-refractivity contribution in [3.8, 4) is 5.75 Å². The molecule has 2 N–H and O–H groups in total. The molecule has 11 heteroatoms. The van der Waals surface area contributed by atoms with E-state index in [1.54, 1.807) is 32.5 Å². The number of hydrogen-bond acceptors (Lipinski definition) is 8. The molecule has 210 valence electrons. The molecule has 2 amide bonds. The lowest BCUT2D eigenvalue weighted by Gasteiger charge is -2.25. The zero-order valence-electron chi connectivity index (χ0n) is 23.4. The molecule has 3 rings (SSSR count). The first-order valence-corrected chi connectivity index (χ1v) is 12.8. The second kappa shape index (κ2) is 13.1. The van der Waals surface area contributed by atoms with E-state index < -0.39 is 29.6 Å². The van der Waals surface area contributed by atoms with Gasteiger partial charge in [-0.1, -0.05) is 30.3 Å². The van der Waals surface area contributed by atoms with Gasteiger partial charge in [0, 0.05) is 19.8 Å². The van der Waals surface area contributed by atoms with Crippen molar-refractivity contribution >= 4 is 29.0 Å². The summed E-state index contributed by atoms with van der Waals surface area (Å²) in [6.45, 7) is 7.64. The average molecular weight is 540 g/mol. The Bertz CT molecular complexity index is 1300. The first-order chi connectivity index (χ1) is 18.5. The maximum absolute atomic E-state index is 13.3. The number of ether oxygens (including phenoxy) is 3. The Balaban J connectivity index is 1.60. The molecule has 0 aliphatic rings. The van der Waals surface area contributed by atoms with E-state index in [1.807, 2.05) is 37.3 Å². The van der Waals surface area contributed by atoms with Gasteiger partial charge >= 0.3 is 12.1 Å². The van der Waals surface area contributed by atoms with Crippen LogP contribution in [0, 0.1) is 6.92 Å². The number of benzene rings is 1. The van der Waals surface area contributed by atoms with Gasteiger partial charge in [0.2, 0.25) is 0 Å². The summed E-state index contributed by atoms with van der Waals surface area (Å²) in [5, 5.41) is 10.5. The lowest BCUT2D eigenvalue weighted by Crippen LogP contribution is -2.44. The van der Waals surface area contributed by atoms with Crippen LogP contribution in [0.15, 0.2) is 36.5 Å². The first-order valence-electron chi connectivity index (χ1n) is 12.8. The molecule has 2 aromatic heterocycles. The van der Waals surface area contributed by atoms with Crippen LogP contribution in [0.5, 0.6) is 5.75 Å². The van der Waals surface area contributed by atoms with Crippen LogP contribution in [-0.4, -0.2) is 58.0 Å². The Morgan fingerprint density at radius 1 is 1.10 bits per heavy atom. The monoisotopic (exact) mass is 539 g/mol. The Morgan fingerprint density at radius 3 is 2.49 bits per heavy atom. The van der Waals surface area contributed by atoms with Gasteiger partial charge in [0.05, 0.1) is 18.2 Å². The molecule has 1 aromatic carbocycles. The molecule has 0 bridgehead atoms. The van der Waals surface area contributed by atoms with Gasteiger partial charge in [0.15, 0.2) is 5.65 Å². The molecule has 11 nitrogen and oxygen atoms in total. The number of pyridine rings is 1. The molecular formula is C28H37N5O6. The quantitative estimate of drug-likeness (QED) is 0.277. The second-order valence-electron chi connectivity index (χ2n) is 10.2. The van der Waals surface area contributed by atoms with Crippen LogP contribution in [-0.2, 0) is 27.9 Å². The Hall–Kier alpha value is -4.15. The maximum atomic E-state index is 13.3. The number of nitrogens with one attached hydrogen (secondary N) is 2. The SMILES string of the molecule is COc1c(C(=O)NC(CCCCNC(=O)OCc2ccccc2)C(=O)OC(C)(C)C)cnc2c1c(C)nn2C. The molecule has 2 heterocycles. The van der Waals surface area contributed by atoms with Gasteiger partial charge < -0.3 is 24.8 Å². The number of aryl methyl sites for hydroxylation is 2. The molecule has 0 fully saturated rings. The number of esters is 1. The van der Waals surface area contributed by atoms with Gasteiger partial charge in [-0.05, 0) is 52.5 Å². The number of rotatable bonds is 11. The van der Waals surface area contributed by atoms with E-state index in [9.17, 15) is 14.4 Å². The molecule has 1 unspecified atom stereocenters. The van der Waals surface area contributed by atoms with Crippen molar-refractivity contribution in [1.82, 2.24) is 25.4 Å². The molecule has 39 heavy (non-hydrogen) atoms. The lowest BCUT2D eigenvalue weighted by molar-refractivity contribution is -0.157. The maximum Gasteiger partial charge on any atom is 0.407 e. The van der Waals surface area contributed by atoms with Gasteiger partial charge in [-0.2, -0.15) is 5.10 Å². The van der Waals surface area contributed by atoms with Crippen LogP contribution in [0.1, 0.15) is 61.6 Å². The highest BCUT2D eigenvalue weighted by atomic mass is 16.6. The molecule has 1 atom stereocenters. The number of carbonyl (C=O) groups is 3. The van der Waals surface area contributed by atoms with E-state index in [4.69, 9.17) is 14.2 Å². The summed E-state index contributed by atoms with van der Waals surface area (Å²) < 4.78 is 17.9. The highest BCUT2D eigenvalue weighted by Crippen LogP contribution is 2.30. The van der Waals surface area contributed by atoms with Crippen molar-refractivity contribution in [2.45, 2.75) is 65.2 Å². The summed E-state index contributed by atoms with van der Waals surface area (Å²) in [5.41, 5.74) is 1.62. The van der Waals surface area contributed by atoms with Gasteiger partial charge in [0.25, 0.3) is 5.91 Å². The second-order valence-corrected chi connectivity index (χ2v) is 10.2. The number of aromatic nitrogens is 3. The third kappa shape index (κ3) is 8.17. The van der Waals surface area contributed by atoms with E-state index >= 15 is 0 Å². The predicted molar refractivity (Wildman–Crippen MR) is 145 cm³/mol. The van der Waals surface area contributed by atoms with Gasteiger partial charge in [-0.3, -0.25) is 9.48 Å². The minimum absolute atomic E-state index is 0.183. The minimum atomic E-state index is -0.905. The fraction of sp³-hybridized carbons (Fsp3) is 0.464. The summed E-state index contributed by atoms with van der Waals surface area (Å²) in [6, 6.07) is 8.49.